The molecule has 0 radical (unpaired) electrons. The Morgan fingerprint density at radius 2 is 1.68 bits per heavy atom. The predicted octanol–water partition coefficient (Wildman–Crippen LogP) is 5.79. The monoisotopic (exact) mass is 419 g/mol. The van der Waals surface area contributed by atoms with E-state index in [2.05, 4.69) is 5.32 Å². The van der Waals surface area contributed by atoms with E-state index in [0.717, 1.165) is 27.9 Å². The average Bonchev–Trinajstić information content (AvgIpc) is 3.15. The highest BCUT2D eigenvalue weighted by molar-refractivity contribution is 6.07. The van der Waals surface area contributed by atoms with Gasteiger partial charge in [0, 0.05) is 23.3 Å². The Morgan fingerprint density at radius 1 is 0.935 bits per heavy atom. The fourth-order valence-corrected chi connectivity index (χ4v) is 3.45. The minimum atomic E-state index is -0.107. The van der Waals surface area contributed by atoms with Gasteiger partial charge in [-0.3, -0.25) is 4.79 Å². The number of ether oxygens (including phenoxy) is 3. The van der Waals surface area contributed by atoms with Gasteiger partial charge in [0.2, 0.25) is 5.91 Å². The number of hydrogen-bond acceptors (Lipinski definition) is 5. The summed E-state index contributed by atoms with van der Waals surface area (Å²) >= 11 is 0. The maximum absolute atomic E-state index is 12.4. The lowest BCUT2D eigenvalue weighted by Crippen LogP contribution is -2.13. The molecule has 6 heteroatoms. The van der Waals surface area contributed by atoms with Crippen LogP contribution in [0.2, 0.25) is 0 Å². The zero-order chi connectivity index (χ0) is 21.6. The van der Waals surface area contributed by atoms with E-state index in [-0.39, 0.29) is 5.91 Å². The summed E-state index contributed by atoms with van der Waals surface area (Å²) in [5, 5.41) is 4.89. The Labute approximate surface area is 180 Å². The largest absolute Gasteiger partial charge is 0.495 e. The maximum Gasteiger partial charge on any atom is 0.224 e. The first-order valence-corrected chi connectivity index (χ1v) is 10.3. The van der Waals surface area contributed by atoms with Crippen molar-refractivity contribution in [2.75, 3.05) is 25.6 Å². The van der Waals surface area contributed by atoms with Crippen molar-refractivity contribution in [1.82, 2.24) is 0 Å². The van der Waals surface area contributed by atoms with Crippen molar-refractivity contribution in [3.8, 4) is 17.2 Å². The van der Waals surface area contributed by atoms with Crippen LogP contribution in [-0.4, -0.2) is 26.2 Å². The summed E-state index contributed by atoms with van der Waals surface area (Å²) < 4.78 is 22.5. The summed E-state index contributed by atoms with van der Waals surface area (Å²) in [4.78, 5) is 12.4. The van der Waals surface area contributed by atoms with Crippen LogP contribution in [0.5, 0.6) is 17.2 Å². The SMILES string of the molecule is CCOc1ccc(OCCCC(=O)Nc2cc3oc4ccccc4c3cc2OC)cc1. The van der Waals surface area contributed by atoms with Gasteiger partial charge in [0.05, 0.1) is 26.0 Å². The number of furan rings is 1. The molecule has 6 nitrogen and oxygen atoms in total. The Kier molecular flexibility index (Phi) is 6.26. The second-order valence-electron chi connectivity index (χ2n) is 7.05. The molecule has 1 N–H and O–H groups in total. The Balaban J connectivity index is 1.35. The fraction of sp³-hybridized carbons (Fsp3) is 0.240. The van der Waals surface area contributed by atoms with Crippen LogP contribution >= 0.6 is 0 Å². The summed E-state index contributed by atoms with van der Waals surface area (Å²) in [5.41, 5.74) is 2.09. The highest BCUT2D eigenvalue weighted by atomic mass is 16.5. The predicted molar refractivity (Wildman–Crippen MR) is 121 cm³/mol. The van der Waals surface area contributed by atoms with Crippen molar-refractivity contribution >= 4 is 33.5 Å². The van der Waals surface area contributed by atoms with E-state index in [0.29, 0.717) is 43.1 Å². The molecule has 0 aliphatic rings. The van der Waals surface area contributed by atoms with E-state index < -0.39 is 0 Å². The second-order valence-corrected chi connectivity index (χ2v) is 7.05. The van der Waals surface area contributed by atoms with Crippen molar-refractivity contribution < 1.29 is 23.4 Å². The van der Waals surface area contributed by atoms with Gasteiger partial charge in [-0.2, -0.15) is 0 Å². The van der Waals surface area contributed by atoms with Gasteiger partial charge in [-0.1, -0.05) is 18.2 Å². The topological polar surface area (TPSA) is 69.9 Å². The second kappa shape index (κ2) is 9.43. The van der Waals surface area contributed by atoms with E-state index in [1.165, 1.54) is 0 Å². The molecule has 1 aromatic heterocycles. The number of methoxy groups -OCH3 is 1. The Hall–Kier alpha value is -3.67. The fourth-order valence-electron chi connectivity index (χ4n) is 3.45. The van der Waals surface area contributed by atoms with Gasteiger partial charge >= 0.3 is 0 Å². The molecule has 160 valence electrons. The molecule has 1 heterocycles. The Bertz CT molecular complexity index is 1180. The van der Waals surface area contributed by atoms with Crippen LogP contribution in [0, 0.1) is 0 Å². The average molecular weight is 419 g/mol. The molecule has 0 bridgehead atoms. The van der Waals surface area contributed by atoms with Gasteiger partial charge in [0.1, 0.15) is 28.4 Å². The minimum Gasteiger partial charge on any atom is -0.495 e. The van der Waals surface area contributed by atoms with Crippen molar-refractivity contribution in [3.63, 3.8) is 0 Å². The number of anilines is 1. The number of carbonyl (C=O) groups is 1. The van der Waals surface area contributed by atoms with Crippen LogP contribution in [0.1, 0.15) is 19.8 Å². The molecule has 0 saturated carbocycles. The lowest BCUT2D eigenvalue weighted by Gasteiger charge is -2.11. The van der Waals surface area contributed by atoms with Crippen molar-refractivity contribution in [1.29, 1.82) is 0 Å². The van der Waals surface area contributed by atoms with Crippen LogP contribution in [0.15, 0.2) is 65.1 Å². The molecule has 31 heavy (non-hydrogen) atoms. The highest BCUT2D eigenvalue weighted by Gasteiger charge is 2.14. The van der Waals surface area contributed by atoms with Gasteiger partial charge in [0.25, 0.3) is 0 Å². The number of fused-ring (bicyclic) bond motifs is 3. The first-order valence-electron chi connectivity index (χ1n) is 10.3. The van der Waals surface area contributed by atoms with Crippen LogP contribution < -0.4 is 19.5 Å². The zero-order valence-corrected chi connectivity index (χ0v) is 17.6. The van der Waals surface area contributed by atoms with Crippen LogP contribution in [0.4, 0.5) is 5.69 Å². The third kappa shape index (κ3) is 4.74. The van der Waals surface area contributed by atoms with E-state index in [1.807, 2.05) is 67.6 Å². The summed E-state index contributed by atoms with van der Waals surface area (Å²) in [6, 6.07) is 19.0. The van der Waals surface area contributed by atoms with E-state index in [4.69, 9.17) is 18.6 Å². The molecule has 1 amide bonds. The third-order valence-corrected chi connectivity index (χ3v) is 4.92. The molecule has 0 saturated heterocycles. The third-order valence-electron chi connectivity index (χ3n) is 4.92. The lowest BCUT2D eigenvalue weighted by atomic mass is 10.1. The molecule has 0 aliphatic heterocycles. The van der Waals surface area contributed by atoms with Gasteiger partial charge in [-0.25, -0.2) is 0 Å². The number of amides is 1. The smallest absolute Gasteiger partial charge is 0.224 e. The zero-order valence-electron chi connectivity index (χ0n) is 17.6. The molecule has 0 fully saturated rings. The standard InChI is InChI=1S/C25H25NO5/c1-3-29-17-10-12-18(13-11-17)30-14-6-9-25(27)26-21-16-23-20(15-24(21)28-2)19-7-4-5-8-22(19)31-23/h4-5,7-8,10-13,15-16H,3,6,9,14H2,1-2H3,(H,26,27). The van der Waals surface area contributed by atoms with Crippen molar-refractivity contribution in [3.05, 3.63) is 60.7 Å². The molecule has 0 atom stereocenters. The van der Waals surface area contributed by atoms with Crippen molar-refractivity contribution in [2.45, 2.75) is 19.8 Å². The first-order chi connectivity index (χ1) is 15.2. The number of hydrogen-bond donors (Lipinski definition) is 1. The van der Waals surface area contributed by atoms with Crippen LogP contribution in [0.25, 0.3) is 21.9 Å². The van der Waals surface area contributed by atoms with Gasteiger partial charge in [0.15, 0.2) is 0 Å². The van der Waals surface area contributed by atoms with Crippen molar-refractivity contribution in [2.24, 2.45) is 0 Å². The quantitative estimate of drug-likeness (QED) is 0.348. The molecule has 4 aromatic rings. The number of para-hydroxylation sites is 1. The van der Waals surface area contributed by atoms with Crippen LogP contribution in [-0.2, 0) is 4.79 Å². The van der Waals surface area contributed by atoms with E-state index in [1.54, 1.807) is 7.11 Å². The number of nitrogens with one attached hydrogen (secondary N) is 1. The van der Waals surface area contributed by atoms with Gasteiger partial charge in [-0.15, -0.1) is 0 Å². The number of benzene rings is 3. The lowest BCUT2D eigenvalue weighted by molar-refractivity contribution is -0.116. The number of carbonyl (C=O) groups excluding carboxylic acids is 1. The van der Waals surface area contributed by atoms with E-state index in [9.17, 15) is 4.79 Å². The molecule has 0 aliphatic carbocycles. The molecular formula is C25H25NO5. The minimum absolute atomic E-state index is 0.107. The highest BCUT2D eigenvalue weighted by Crippen LogP contribution is 2.36. The molecule has 0 spiro atoms. The summed E-state index contributed by atoms with van der Waals surface area (Å²) in [6.45, 7) is 3.02. The maximum atomic E-state index is 12.4. The van der Waals surface area contributed by atoms with E-state index >= 15 is 0 Å². The molecule has 3 aromatic carbocycles. The summed E-state index contributed by atoms with van der Waals surface area (Å²) in [7, 11) is 1.59. The summed E-state index contributed by atoms with van der Waals surface area (Å²) in [6.07, 6.45) is 0.923. The van der Waals surface area contributed by atoms with Gasteiger partial charge in [-0.05, 0) is 49.7 Å². The molecular weight excluding hydrogens is 394 g/mol. The van der Waals surface area contributed by atoms with Crippen LogP contribution in [0.3, 0.4) is 0 Å². The number of rotatable bonds is 9. The molecule has 4 rings (SSSR count). The van der Waals surface area contributed by atoms with Gasteiger partial charge < -0.3 is 23.9 Å². The summed E-state index contributed by atoms with van der Waals surface area (Å²) in [5.74, 6) is 2.05. The first kappa shape index (κ1) is 20.6. The normalized spacial score (nSPS) is 10.9. The Morgan fingerprint density at radius 3 is 2.42 bits per heavy atom. The molecule has 0 unspecified atom stereocenters.